The van der Waals surface area contributed by atoms with Crippen LogP contribution in [0.2, 0.25) is 0 Å². The van der Waals surface area contributed by atoms with Gasteiger partial charge in [-0.05, 0) is 30.5 Å². The van der Waals surface area contributed by atoms with Gasteiger partial charge in [0.15, 0.2) is 0 Å². The Bertz CT molecular complexity index is 676. The number of hydrogen-bond donors (Lipinski definition) is 1. The molecule has 0 bridgehead atoms. The highest BCUT2D eigenvalue weighted by Crippen LogP contribution is 2.32. The topological polar surface area (TPSA) is 32.3 Å². The molecule has 22 heavy (non-hydrogen) atoms. The molecular weight excluding hydrogens is 286 g/mol. The molecule has 1 fully saturated rings. The number of nitrogens with zero attached hydrogens (tertiary/aromatic N) is 1. The highest BCUT2D eigenvalue weighted by molar-refractivity contribution is 5.90. The maximum atomic E-state index is 13.6. The Morgan fingerprint density at radius 1 is 1.14 bits per heavy atom. The second-order valence-corrected chi connectivity index (χ2v) is 5.32. The first kappa shape index (κ1) is 14.5. The second-order valence-electron chi connectivity index (χ2n) is 5.32. The summed E-state index contributed by atoms with van der Waals surface area (Å²) in [6.45, 7) is 0.619. The summed E-state index contributed by atoms with van der Waals surface area (Å²) in [5.41, 5.74) is 1.06. The van der Waals surface area contributed by atoms with Gasteiger partial charge in [0.05, 0.1) is 11.7 Å². The van der Waals surface area contributed by atoms with Crippen molar-refractivity contribution in [1.29, 1.82) is 0 Å². The summed E-state index contributed by atoms with van der Waals surface area (Å²) in [5, 5.41) is 2.52. The summed E-state index contributed by atoms with van der Waals surface area (Å²) in [6, 6.07) is 12.5. The van der Waals surface area contributed by atoms with E-state index in [1.54, 1.807) is 4.90 Å². The predicted octanol–water partition coefficient (Wildman–Crippen LogP) is 4.33. The SMILES string of the molecule is O=C(Nc1ccc(F)cc1F)N1CCCC1c1ccccc1. The summed E-state index contributed by atoms with van der Waals surface area (Å²) < 4.78 is 26.6. The number of rotatable bonds is 2. The Labute approximate surface area is 127 Å². The molecule has 0 radical (unpaired) electrons. The van der Waals surface area contributed by atoms with Crippen LogP contribution < -0.4 is 5.32 Å². The van der Waals surface area contributed by atoms with Crippen LogP contribution in [0.3, 0.4) is 0 Å². The number of carbonyl (C=O) groups excluding carboxylic acids is 1. The van der Waals surface area contributed by atoms with E-state index in [0.29, 0.717) is 6.54 Å². The van der Waals surface area contributed by atoms with Gasteiger partial charge >= 0.3 is 6.03 Å². The molecule has 5 heteroatoms. The zero-order valence-corrected chi connectivity index (χ0v) is 11.9. The van der Waals surface area contributed by atoms with Crippen LogP contribution in [0.15, 0.2) is 48.5 Å². The first-order valence-corrected chi connectivity index (χ1v) is 7.23. The summed E-state index contributed by atoms with van der Waals surface area (Å²) in [5.74, 6) is -1.44. The molecule has 1 aliphatic rings. The number of benzene rings is 2. The van der Waals surface area contributed by atoms with Gasteiger partial charge in [0.2, 0.25) is 0 Å². The normalized spacial score (nSPS) is 17.5. The fourth-order valence-corrected chi connectivity index (χ4v) is 2.81. The number of carbonyl (C=O) groups is 1. The van der Waals surface area contributed by atoms with E-state index >= 15 is 0 Å². The number of halogens is 2. The zero-order chi connectivity index (χ0) is 15.5. The lowest BCUT2D eigenvalue weighted by Gasteiger charge is -2.25. The van der Waals surface area contributed by atoms with Gasteiger partial charge in [0, 0.05) is 12.6 Å². The second kappa shape index (κ2) is 6.13. The smallest absolute Gasteiger partial charge is 0.317 e. The average Bonchev–Trinajstić information content (AvgIpc) is 3.00. The lowest BCUT2D eigenvalue weighted by atomic mass is 10.1. The molecule has 1 aliphatic heterocycles. The Morgan fingerprint density at radius 3 is 2.64 bits per heavy atom. The third-order valence-corrected chi connectivity index (χ3v) is 3.87. The Kier molecular flexibility index (Phi) is 4.04. The van der Waals surface area contributed by atoms with Crippen LogP contribution >= 0.6 is 0 Å². The maximum Gasteiger partial charge on any atom is 0.322 e. The van der Waals surface area contributed by atoms with Crippen molar-refractivity contribution in [2.45, 2.75) is 18.9 Å². The molecule has 1 unspecified atom stereocenters. The quantitative estimate of drug-likeness (QED) is 0.879. The van der Waals surface area contributed by atoms with Crippen molar-refractivity contribution in [3.05, 3.63) is 65.7 Å². The molecule has 2 aromatic carbocycles. The lowest BCUT2D eigenvalue weighted by molar-refractivity contribution is 0.207. The number of urea groups is 1. The third-order valence-electron chi connectivity index (χ3n) is 3.87. The number of anilines is 1. The molecule has 3 nitrogen and oxygen atoms in total. The Balaban J connectivity index is 1.76. The summed E-state index contributed by atoms with van der Waals surface area (Å²) in [6.07, 6.45) is 1.78. The first-order valence-electron chi connectivity index (χ1n) is 7.23. The Hall–Kier alpha value is -2.43. The summed E-state index contributed by atoms with van der Waals surface area (Å²) in [4.78, 5) is 14.1. The lowest BCUT2D eigenvalue weighted by Crippen LogP contribution is -2.34. The monoisotopic (exact) mass is 302 g/mol. The first-order chi connectivity index (χ1) is 10.6. The van der Waals surface area contributed by atoms with E-state index in [4.69, 9.17) is 0 Å². The molecule has 2 aromatic rings. The number of hydrogen-bond acceptors (Lipinski definition) is 1. The van der Waals surface area contributed by atoms with E-state index in [0.717, 1.165) is 30.5 Å². The number of amides is 2. The molecule has 1 heterocycles. The van der Waals surface area contributed by atoms with Crippen LogP contribution in [0, 0.1) is 11.6 Å². The van der Waals surface area contributed by atoms with E-state index in [1.165, 1.54) is 6.07 Å². The van der Waals surface area contributed by atoms with Crippen molar-refractivity contribution in [2.24, 2.45) is 0 Å². The predicted molar refractivity (Wildman–Crippen MR) is 80.5 cm³/mol. The third kappa shape index (κ3) is 2.93. The van der Waals surface area contributed by atoms with Crippen LogP contribution in [-0.2, 0) is 0 Å². The summed E-state index contributed by atoms with van der Waals surface area (Å²) in [7, 11) is 0. The van der Waals surface area contributed by atoms with Crippen LogP contribution in [-0.4, -0.2) is 17.5 Å². The van der Waals surface area contributed by atoms with Crippen LogP contribution in [0.1, 0.15) is 24.4 Å². The molecule has 3 rings (SSSR count). The van der Waals surface area contributed by atoms with Gasteiger partial charge in [-0.25, -0.2) is 13.6 Å². The van der Waals surface area contributed by atoms with Gasteiger partial charge in [0.1, 0.15) is 11.6 Å². The van der Waals surface area contributed by atoms with Gasteiger partial charge in [-0.15, -0.1) is 0 Å². The number of nitrogens with one attached hydrogen (secondary N) is 1. The van der Waals surface area contributed by atoms with E-state index in [2.05, 4.69) is 5.32 Å². The van der Waals surface area contributed by atoms with E-state index < -0.39 is 11.6 Å². The molecule has 2 amide bonds. The molecule has 0 spiro atoms. The zero-order valence-electron chi connectivity index (χ0n) is 11.9. The van der Waals surface area contributed by atoms with Crippen molar-refractivity contribution in [1.82, 2.24) is 4.90 Å². The van der Waals surface area contributed by atoms with Gasteiger partial charge in [-0.2, -0.15) is 0 Å². The minimum Gasteiger partial charge on any atom is -0.317 e. The molecule has 1 saturated heterocycles. The van der Waals surface area contributed by atoms with Gasteiger partial charge < -0.3 is 10.2 Å². The molecule has 0 aromatic heterocycles. The average molecular weight is 302 g/mol. The minimum absolute atomic E-state index is 0.00916. The van der Waals surface area contributed by atoms with Crippen molar-refractivity contribution in [3.8, 4) is 0 Å². The van der Waals surface area contributed by atoms with Crippen molar-refractivity contribution >= 4 is 11.7 Å². The van der Waals surface area contributed by atoms with E-state index in [9.17, 15) is 13.6 Å². The van der Waals surface area contributed by atoms with E-state index in [1.807, 2.05) is 30.3 Å². The van der Waals surface area contributed by atoms with Crippen molar-refractivity contribution in [3.63, 3.8) is 0 Å². The van der Waals surface area contributed by atoms with Crippen molar-refractivity contribution in [2.75, 3.05) is 11.9 Å². The number of likely N-dealkylation sites (tertiary alicyclic amines) is 1. The standard InChI is InChI=1S/C17H16F2N2O/c18-13-8-9-15(14(19)11-13)20-17(22)21-10-4-7-16(21)12-5-2-1-3-6-12/h1-3,5-6,8-9,11,16H,4,7,10H2,(H,20,22). The summed E-state index contributed by atoms with van der Waals surface area (Å²) >= 11 is 0. The molecule has 0 aliphatic carbocycles. The van der Waals surface area contributed by atoms with Gasteiger partial charge in [0.25, 0.3) is 0 Å². The molecule has 114 valence electrons. The maximum absolute atomic E-state index is 13.6. The molecule has 1 atom stereocenters. The minimum atomic E-state index is -0.774. The van der Waals surface area contributed by atoms with Crippen LogP contribution in [0.5, 0.6) is 0 Å². The molecule has 0 saturated carbocycles. The highest BCUT2D eigenvalue weighted by atomic mass is 19.1. The fourth-order valence-electron chi connectivity index (χ4n) is 2.81. The van der Waals surface area contributed by atoms with Crippen LogP contribution in [0.25, 0.3) is 0 Å². The molecule has 1 N–H and O–H groups in total. The Morgan fingerprint density at radius 2 is 1.91 bits per heavy atom. The molecular formula is C17H16F2N2O. The fraction of sp³-hybridized carbons (Fsp3) is 0.235. The van der Waals surface area contributed by atoms with Crippen LogP contribution in [0.4, 0.5) is 19.3 Å². The largest absolute Gasteiger partial charge is 0.322 e. The van der Waals surface area contributed by atoms with E-state index in [-0.39, 0.29) is 17.8 Å². The van der Waals surface area contributed by atoms with Gasteiger partial charge in [-0.3, -0.25) is 0 Å². The van der Waals surface area contributed by atoms with Crippen molar-refractivity contribution < 1.29 is 13.6 Å². The highest BCUT2D eigenvalue weighted by Gasteiger charge is 2.30. The van der Waals surface area contributed by atoms with Gasteiger partial charge in [-0.1, -0.05) is 30.3 Å².